The molecule has 3 aromatic carbocycles. The standard InChI is InChI=1S/C27H28ClN4O6PS/c1-3-37-39(34,38-4-2)27(20-8-6-5-7-9-20)30-26(33)24-18-25(19-10-12-21(28)13-11-19)32(31-24)22-14-16-23(17-15-22)40(29,35)36/h5-18,27H,3-4H2,1-2H3,(H,30,33)(H2,29,35,36). The van der Waals surface area contributed by atoms with Gasteiger partial charge in [0.15, 0.2) is 11.5 Å². The maximum Gasteiger partial charge on any atom is 0.357 e. The van der Waals surface area contributed by atoms with Crippen molar-refractivity contribution in [1.82, 2.24) is 15.1 Å². The van der Waals surface area contributed by atoms with Gasteiger partial charge in [0, 0.05) is 10.6 Å². The Kier molecular flexibility index (Phi) is 9.25. The largest absolute Gasteiger partial charge is 0.357 e. The Hall–Kier alpha value is -3.31. The quantitative estimate of drug-likeness (QED) is 0.215. The summed E-state index contributed by atoms with van der Waals surface area (Å²) in [4.78, 5) is 13.5. The van der Waals surface area contributed by atoms with E-state index in [-0.39, 0.29) is 23.8 Å². The second kappa shape index (κ2) is 12.5. The van der Waals surface area contributed by atoms with E-state index in [4.69, 9.17) is 25.8 Å². The SMILES string of the molecule is CCOP(=O)(OCC)C(NC(=O)c1cc(-c2ccc(Cl)cc2)n(-c2ccc(S(N)(=O)=O)cc2)n1)c1ccccc1. The molecule has 0 fully saturated rings. The van der Waals surface area contributed by atoms with Crippen LogP contribution in [0, 0.1) is 0 Å². The van der Waals surface area contributed by atoms with Gasteiger partial charge in [0.2, 0.25) is 10.0 Å². The summed E-state index contributed by atoms with van der Waals surface area (Å²) in [6, 6.07) is 23.0. The van der Waals surface area contributed by atoms with Crippen LogP contribution in [0.3, 0.4) is 0 Å². The van der Waals surface area contributed by atoms with Gasteiger partial charge < -0.3 is 14.4 Å². The Morgan fingerprint density at radius 2 is 1.60 bits per heavy atom. The number of carbonyl (C=O) groups is 1. The van der Waals surface area contributed by atoms with Crippen LogP contribution in [0.5, 0.6) is 0 Å². The number of hydrogen-bond donors (Lipinski definition) is 2. The molecular weight excluding hydrogens is 575 g/mol. The number of nitrogens with zero attached hydrogens (tertiary/aromatic N) is 2. The lowest BCUT2D eigenvalue weighted by atomic mass is 10.1. The summed E-state index contributed by atoms with van der Waals surface area (Å²) in [7, 11) is -7.72. The molecule has 10 nitrogen and oxygen atoms in total. The average Bonchev–Trinajstić information content (AvgIpc) is 3.38. The van der Waals surface area contributed by atoms with Crippen LogP contribution < -0.4 is 10.5 Å². The minimum atomic E-state index is -3.90. The summed E-state index contributed by atoms with van der Waals surface area (Å²) in [6.45, 7) is 3.61. The highest BCUT2D eigenvalue weighted by atomic mass is 35.5. The molecule has 1 atom stereocenters. The zero-order valence-electron chi connectivity index (χ0n) is 21.7. The zero-order valence-corrected chi connectivity index (χ0v) is 24.2. The fraction of sp³-hybridized carbons (Fsp3) is 0.185. The lowest BCUT2D eigenvalue weighted by molar-refractivity contribution is 0.0931. The fourth-order valence-corrected chi connectivity index (χ4v) is 6.56. The van der Waals surface area contributed by atoms with Crippen molar-refractivity contribution < 1.29 is 26.8 Å². The van der Waals surface area contributed by atoms with Gasteiger partial charge in [0.25, 0.3) is 5.91 Å². The minimum absolute atomic E-state index is 0.0148. The topological polar surface area (TPSA) is 143 Å². The van der Waals surface area contributed by atoms with Crippen LogP contribution in [-0.4, -0.2) is 37.3 Å². The van der Waals surface area contributed by atoms with Crippen LogP contribution in [-0.2, 0) is 23.6 Å². The van der Waals surface area contributed by atoms with E-state index in [1.807, 2.05) is 0 Å². The van der Waals surface area contributed by atoms with E-state index >= 15 is 0 Å². The Morgan fingerprint density at radius 1 is 1.00 bits per heavy atom. The Balaban J connectivity index is 1.78. The molecule has 4 rings (SSSR count). The number of aromatic nitrogens is 2. The van der Waals surface area contributed by atoms with E-state index in [1.54, 1.807) is 74.5 Å². The van der Waals surface area contributed by atoms with Crippen molar-refractivity contribution in [3.8, 4) is 16.9 Å². The summed E-state index contributed by atoms with van der Waals surface area (Å²) < 4.78 is 49.9. The fourth-order valence-electron chi connectivity index (χ4n) is 4.02. The second-order valence-electron chi connectivity index (χ2n) is 8.53. The zero-order chi connectivity index (χ0) is 28.9. The highest BCUT2D eigenvalue weighted by Gasteiger charge is 2.38. The monoisotopic (exact) mass is 602 g/mol. The van der Waals surface area contributed by atoms with Crippen LogP contribution in [0.1, 0.15) is 35.7 Å². The maximum atomic E-state index is 13.8. The van der Waals surface area contributed by atoms with Gasteiger partial charge in [0.1, 0.15) is 0 Å². The second-order valence-corrected chi connectivity index (χ2v) is 12.6. The number of rotatable bonds is 11. The first kappa shape index (κ1) is 29.7. The summed E-state index contributed by atoms with van der Waals surface area (Å²) in [6.07, 6.45) is 0. The van der Waals surface area contributed by atoms with E-state index in [0.717, 1.165) is 0 Å². The third kappa shape index (κ3) is 6.69. The van der Waals surface area contributed by atoms with Crippen molar-refractivity contribution in [2.45, 2.75) is 24.5 Å². The number of halogens is 1. The van der Waals surface area contributed by atoms with Crippen molar-refractivity contribution in [2.75, 3.05) is 13.2 Å². The average molecular weight is 603 g/mol. The predicted octanol–water partition coefficient (Wildman–Crippen LogP) is 5.53. The van der Waals surface area contributed by atoms with E-state index in [1.165, 1.54) is 28.9 Å². The summed E-state index contributed by atoms with van der Waals surface area (Å²) in [5, 5.41) is 13.1. The lowest BCUT2D eigenvalue weighted by Gasteiger charge is -2.27. The van der Waals surface area contributed by atoms with Crippen LogP contribution in [0.25, 0.3) is 16.9 Å². The molecular formula is C27H28ClN4O6PS. The third-order valence-electron chi connectivity index (χ3n) is 5.81. The third-order valence-corrected chi connectivity index (χ3v) is 9.29. The summed E-state index contributed by atoms with van der Waals surface area (Å²) >= 11 is 6.08. The predicted molar refractivity (Wildman–Crippen MR) is 153 cm³/mol. The molecule has 13 heteroatoms. The minimum Gasteiger partial charge on any atom is -0.333 e. The van der Waals surface area contributed by atoms with Gasteiger partial charge in [-0.25, -0.2) is 18.2 Å². The molecule has 0 aliphatic rings. The molecule has 210 valence electrons. The highest BCUT2D eigenvalue weighted by Crippen LogP contribution is 2.59. The first-order chi connectivity index (χ1) is 19.1. The molecule has 0 aliphatic heterocycles. The Morgan fingerprint density at radius 3 is 2.15 bits per heavy atom. The normalized spacial score (nSPS) is 12.7. The lowest BCUT2D eigenvalue weighted by Crippen LogP contribution is -2.30. The number of benzene rings is 3. The molecule has 4 aromatic rings. The molecule has 1 aromatic heterocycles. The number of hydrogen-bond acceptors (Lipinski definition) is 7. The van der Waals surface area contributed by atoms with Gasteiger partial charge in [-0.3, -0.25) is 9.36 Å². The molecule has 0 spiro atoms. The molecule has 0 saturated heterocycles. The van der Waals surface area contributed by atoms with E-state index in [2.05, 4.69) is 10.4 Å². The molecule has 0 radical (unpaired) electrons. The van der Waals surface area contributed by atoms with Crippen molar-refractivity contribution in [3.63, 3.8) is 0 Å². The molecule has 0 bridgehead atoms. The number of nitrogens with two attached hydrogens (primary N) is 1. The smallest absolute Gasteiger partial charge is 0.333 e. The number of carbonyl (C=O) groups excluding carboxylic acids is 1. The van der Waals surface area contributed by atoms with Crippen molar-refractivity contribution in [1.29, 1.82) is 0 Å². The number of amides is 1. The molecule has 1 amide bonds. The van der Waals surface area contributed by atoms with Crippen LogP contribution in [0.15, 0.2) is 89.8 Å². The van der Waals surface area contributed by atoms with Gasteiger partial charge in [-0.05, 0) is 61.9 Å². The Bertz CT molecular complexity index is 1620. The summed E-state index contributed by atoms with van der Waals surface area (Å²) in [5.41, 5.74) is 2.25. The van der Waals surface area contributed by atoms with Gasteiger partial charge in [-0.2, -0.15) is 5.10 Å². The molecule has 0 saturated carbocycles. The van der Waals surface area contributed by atoms with E-state index < -0.39 is 29.3 Å². The van der Waals surface area contributed by atoms with Crippen LogP contribution in [0.4, 0.5) is 0 Å². The molecule has 1 unspecified atom stereocenters. The number of sulfonamides is 1. The van der Waals surface area contributed by atoms with Crippen molar-refractivity contribution in [3.05, 3.63) is 101 Å². The van der Waals surface area contributed by atoms with Crippen molar-refractivity contribution >= 4 is 35.1 Å². The van der Waals surface area contributed by atoms with E-state index in [0.29, 0.717) is 27.5 Å². The van der Waals surface area contributed by atoms with Crippen LogP contribution in [0.2, 0.25) is 5.02 Å². The molecule has 1 heterocycles. The number of primary sulfonamides is 1. The molecule has 40 heavy (non-hydrogen) atoms. The first-order valence-corrected chi connectivity index (χ1v) is 15.8. The van der Waals surface area contributed by atoms with Crippen molar-refractivity contribution in [2.24, 2.45) is 5.14 Å². The summed E-state index contributed by atoms with van der Waals surface area (Å²) in [5.74, 6) is -1.72. The number of nitrogens with one attached hydrogen (secondary N) is 1. The Labute approximate surface area is 237 Å². The van der Waals surface area contributed by atoms with Gasteiger partial charge in [-0.15, -0.1) is 0 Å². The van der Waals surface area contributed by atoms with Crippen LogP contribution >= 0.6 is 19.2 Å². The van der Waals surface area contributed by atoms with E-state index in [9.17, 15) is 17.8 Å². The maximum absolute atomic E-state index is 13.8. The molecule has 0 aliphatic carbocycles. The molecule has 3 N–H and O–H groups in total. The van der Waals surface area contributed by atoms with Gasteiger partial charge >= 0.3 is 7.60 Å². The first-order valence-electron chi connectivity index (χ1n) is 12.3. The highest BCUT2D eigenvalue weighted by molar-refractivity contribution is 7.89. The van der Waals surface area contributed by atoms with Gasteiger partial charge in [-0.1, -0.05) is 54.1 Å². The van der Waals surface area contributed by atoms with Gasteiger partial charge in [0.05, 0.1) is 29.5 Å².